The van der Waals surface area contributed by atoms with Crippen LogP contribution < -0.4 is 16.4 Å². The van der Waals surface area contributed by atoms with Crippen molar-refractivity contribution in [2.75, 3.05) is 18.4 Å². The van der Waals surface area contributed by atoms with Gasteiger partial charge < -0.3 is 21.4 Å². The third kappa shape index (κ3) is 6.00. The Balaban J connectivity index is 1.26. The number of aliphatic imine (C=N–C) groups is 1. The first-order chi connectivity index (χ1) is 22.4. The lowest BCUT2D eigenvalue weighted by molar-refractivity contribution is -0.115. The largest absolute Gasteiger partial charge is 0.402 e. The lowest BCUT2D eigenvalue weighted by Gasteiger charge is -2.17. The Kier molecular flexibility index (Phi) is 8.04. The van der Waals surface area contributed by atoms with Crippen molar-refractivity contribution in [3.05, 3.63) is 135 Å². The van der Waals surface area contributed by atoms with Crippen molar-refractivity contribution < 1.29 is 13.6 Å². The number of benzene rings is 1. The molecule has 230 valence electrons. The molecule has 1 aromatic carbocycles. The molecule has 46 heavy (non-hydrogen) atoms. The number of allylic oxidation sites excluding steroid dienone is 3. The Morgan fingerprint density at radius 1 is 1.04 bits per heavy atom. The van der Waals surface area contributed by atoms with Gasteiger partial charge in [-0.1, -0.05) is 30.3 Å². The molecular weight excluding hydrogens is 606 g/mol. The van der Waals surface area contributed by atoms with Crippen molar-refractivity contribution in [1.82, 2.24) is 25.3 Å². The number of imidazole rings is 1. The van der Waals surface area contributed by atoms with Crippen molar-refractivity contribution in [3.8, 4) is 11.3 Å². The number of aromatic nitrogens is 4. The Morgan fingerprint density at radius 3 is 2.74 bits per heavy atom. The SMILES string of the molecule is NC1=CC=C(c2ccc(F)s2)c2nc(C3=NCCNCc4cnc(-c5cncc(NC(=O)Cc6ccccc6)c5)c(F)c43)[nH]c2C1. The molecule has 5 N–H and O–H groups in total. The van der Waals surface area contributed by atoms with Gasteiger partial charge in [-0.25, -0.2) is 9.37 Å². The monoisotopic (exact) mass is 634 g/mol. The van der Waals surface area contributed by atoms with E-state index in [1.54, 1.807) is 24.4 Å². The molecule has 5 aromatic rings. The number of pyridine rings is 2. The molecule has 0 atom stereocenters. The number of H-pyrrole nitrogens is 1. The summed E-state index contributed by atoms with van der Waals surface area (Å²) in [6.45, 7) is 1.35. The van der Waals surface area contributed by atoms with Gasteiger partial charge in [-0.3, -0.25) is 19.8 Å². The van der Waals surface area contributed by atoms with Gasteiger partial charge in [0, 0.05) is 64.9 Å². The number of fused-ring (bicyclic) bond motifs is 2. The fourth-order valence-electron chi connectivity index (χ4n) is 5.54. The molecule has 0 saturated carbocycles. The maximum Gasteiger partial charge on any atom is 0.228 e. The van der Waals surface area contributed by atoms with Crippen LogP contribution in [-0.4, -0.2) is 44.6 Å². The van der Waals surface area contributed by atoms with E-state index in [2.05, 4.69) is 25.6 Å². The third-order valence-electron chi connectivity index (χ3n) is 7.65. The number of aromatic amines is 1. The molecule has 0 unspecified atom stereocenters. The van der Waals surface area contributed by atoms with E-state index in [1.165, 1.54) is 18.5 Å². The van der Waals surface area contributed by atoms with E-state index in [4.69, 9.17) is 15.7 Å². The van der Waals surface area contributed by atoms with E-state index in [-0.39, 0.29) is 28.7 Å². The molecule has 2 aliphatic rings. The fraction of sp³-hybridized carbons (Fsp3) is 0.147. The molecular formula is C34H28F2N8OS. The minimum Gasteiger partial charge on any atom is -0.402 e. The highest BCUT2D eigenvalue weighted by atomic mass is 32.1. The normalized spacial score (nSPS) is 14.5. The molecule has 0 fully saturated rings. The van der Waals surface area contributed by atoms with Crippen LogP contribution in [0.25, 0.3) is 16.8 Å². The van der Waals surface area contributed by atoms with Crippen LogP contribution in [-0.2, 0) is 24.2 Å². The van der Waals surface area contributed by atoms with Crippen LogP contribution in [0.3, 0.4) is 0 Å². The zero-order chi connectivity index (χ0) is 31.6. The van der Waals surface area contributed by atoms with Gasteiger partial charge in [0.2, 0.25) is 5.91 Å². The maximum absolute atomic E-state index is 16.7. The van der Waals surface area contributed by atoms with Gasteiger partial charge in [-0.05, 0) is 41.5 Å². The molecule has 12 heteroatoms. The topological polar surface area (TPSA) is 134 Å². The lowest BCUT2D eigenvalue weighted by atomic mass is 9.99. The zero-order valence-electron chi connectivity index (χ0n) is 24.5. The Morgan fingerprint density at radius 2 is 1.91 bits per heavy atom. The van der Waals surface area contributed by atoms with Crippen molar-refractivity contribution in [2.24, 2.45) is 10.7 Å². The van der Waals surface area contributed by atoms with E-state index in [9.17, 15) is 9.18 Å². The molecule has 9 nitrogen and oxygen atoms in total. The van der Waals surface area contributed by atoms with Crippen molar-refractivity contribution in [1.29, 1.82) is 0 Å². The van der Waals surface area contributed by atoms with E-state index in [0.717, 1.165) is 22.6 Å². The number of carbonyl (C=O) groups excluding carboxylic acids is 1. The zero-order valence-corrected chi connectivity index (χ0v) is 25.3. The molecule has 1 aliphatic carbocycles. The van der Waals surface area contributed by atoms with E-state index < -0.39 is 5.82 Å². The summed E-state index contributed by atoms with van der Waals surface area (Å²) in [5, 5.41) is 5.81. The summed E-state index contributed by atoms with van der Waals surface area (Å²) in [6, 6.07) is 14.2. The first-order valence-corrected chi connectivity index (χ1v) is 15.5. The second-order valence-corrected chi connectivity index (χ2v) is 11.9. The number of hydrogen-bond donors (Lipinski definition) is 4. The number of nitrogens with two attached hydrogens (primary N) is 1. The number of nitrogens with zero attached hydrogens (tertiary/aromatic N) is 4. The van der Waals surface area contributed by atoms with E-state index in [0.29, 0.717) is 76.2 Å². The van der Waals surface area contributed by atoms with Crippen LogP contribution in [0.2, 0.25) is 0 Å². The highest BCUT2D eigenvalue weighted by molar-refractivity contribution is 7.11. The van der Waals surface area contributed by atoms with Gasteiger partial charge in [0.25, 0.3) is 0 Å². The Labute approximate surface area is 267 Å². The first-order valence-electron chi connectivity index (χ1n) is 14.7. The summed E-state index contributed by atoms with van der Waals surface area (Å²) in [4.78, 5) is 35.2. The number of nitrogens with one attached hydrogen (secondary N) is 3. The standard InChI is InChI=1S/C34H28F2N8OS/c35-27-9-8-26(46-27)24-7-6-22(37)14-25-32(24)44-34(43-25)33-29-21(16-38-10-11-40-33)17-41-31(30(29)36)20-13-23(18-39-15-20)42-28(45)12-19-4-2-1-3-5-19/h1-9,13,15,17-18,38H,10-12,14,16,37H2,(H,42,45)(H,43,44). The van der Waals surface area contributed by atoms with Gasteiger partial charge in [0.05, 0.1) is 30.5 Å². The minimum absolute atomic E-state index is 0.0635. The van der Waals surface area contributed by atoms with E-state index >= 15 is 4.39 Å². The lowest BCUT2D eigenvalue weighted by Crippen LogP contribution is -2.25. The summed E-state index contributed by atoms with van der Waals surface area (Å²) < 4.78 is 30.7. The molecule has 5 heterocycles. The number of hydrogen-bond acceptors (Lipinski definition) is 8. The summed E-state index contributed by atoms with van der Waals surface area (Å²) in [5.74, 6) is -0.428. The second-order valence-electron chi connectivity index (χ2n) is 10.9. The molecule has 7 rings (SSSR count). The van der Waals surface area contributed by atoms with Gasteiger partial charge in [0.15, 0.2) is 16.8 Å². The molecule has 1 amide bonds. The molecule has 0 bridgehead atoms. The van der Waals surface area contributed by atoms with Crippen molar-refractivity contribution in [2.45, 2.75) is 19.4 Å². The van der Waals surface area contributed by atoms with E-state index in [1.807, 2.05) is 36.4 Å². The molecule has 4 aromatic heterocycles. The van der Waals surface area contributed by atoms with Gasteiger partial charge in [0.1, 0.15) is 11.4 Å². The average Bonchev–Trinajstić information content (AvgIpc) is 3.61. The Bertz CT molecular complexity index is 2050. The number of thiophene rings is 1. The number of carbonyl (C=O) groups is 1. The van der Waals surface area contributed by atoms with Crippen molar-refractivity contribution >= 4 is 34.2 Å². The van der Waals surface area contributed by atoms with Crippen LogP contribution in [0.5, 0.6) is 0 Å². The van der Waals surface area contributed by atoms with Gasteiger partial charge in [-0.15, -0.1) is 11.3 Å². The van der Waals surface area contributed by atoms with Crippen LogP contribution >= 0.6 is 11.3 Å². The summed E-state index contributed by atoms with van der Waals surface area (Å²) in [5.41, 5.74) is 11.9. The predicted molar refractivity (Wildman–Crippen MR) is 174 cm³/mol. The second kappa shape index (κ2) is 12.6. The van der Waals surface area contributed by atoms with Crippen LogP contribution in [0.4, 0.5) is 14.5 Å². The highest BCUT2D eigenvalue weighted by Gasteiger charge is 2.27. The molecule has 0 radical (unpaired) electrons. The fourth-order valence-corrected chi connectivity index (χ4v) is 6.30. The minimum atomic E-state index is -0.586. The summed E-state index contributed by atoms with van der Waals surface area (Å²) >= 11 is 1.02. The van der Waals surface area contributed by atoms with Gasteiger partial charge in [-0.2, -0.15) is 4.39 Å². The smallest absolute Gasteiger partial charge is 0.228 e. The van der Waals surface area contributed by atoms with Crippen LogP contribution in [0, 0.1) is 10.9 Å². The third-order valence-corrected chi connectivity index (χ3v) is 8.56. The van der Waals surface area contributed by atoms with Gasteiger partial charge >= 0.3 is 0 Å². The summed E-state index contributed by atoms with van der Waals surface area (Å²) in [6.07, 6.45) is 8.83. The molecule has 0 saturated heterocycles. The van der Waals surface area contributed by atoms with Crippen LogP contribution in [0.15, 0.2) is 90.0 Å². The molecule has 0 spiro atoms. The number of amides is 1. The number of anilines is 1. The molecule has 1 aliphatic heterocycles. The Hall–Kier alpha value is -5.33. The quantitative estimate of drug-likeness (QED) is 0.204. The number of halogens is 2. The first kappa shape index (κ1) is 29.4. The predicted octanol–water partition coefficient (Wildman–Crippen LogP) is 5.16. The number of rotatable bonds is 6. The average molecular weight is 635 g/mol. The summed E-state index contributed by atoms with van der Waals surface area (Å²) in [7, 11) is 0. The van der Waals surface area contributed by atoms with Crippen LogP contribution in [0.1, 0.15) is 38.8 Å². The van der Waals surface area contributed by atoms with Crippen molar-refractivity contribution in [3.63, 3.8) is 0 Å². The highest BCUT2D eigenvalue weighted by Crippen LogP contribution is 2.34. The maximum atomic E-state index is 16.7.